The summed E-state index contributed by atoms with van der Waals surface area (Å²) in [5.41, 5.74) is 1.61. The number of aryl methyl sites for hydroxylation is 1. The van der Waals surface area contributed by atoms with Gasteiger partial charge in [-0.2, -0.15) is 0 Å². The standard InChI is InChI=1S/C12H21N3O2/c1-8(2)7-13-11(16)5-6-15-10(4)9(3)14-12(15)17/h8H,5-7H2,1-4H3,(H,13,16)(H,14,17). The van der Waals surface area contributed by atoms with E-state index in [-0.39, 0.29) is 11.6 Å². The molecule has 0 fully saturated rings. The van der Waals surface area contributed by atoms with Crippen molar-refractivity contribution in [3.8, 4) is 0 Å². The molecule has 1 heterocycles. The third-order valence-corrected chi connectivity index (χ3v) is 2.76. The van der Waals surface area contributed by atoms with Gasteiger partial charge in [0.15, 0.2) is 0 Å². The zero-order valence-corrected chi connectivity index (χ0v) is 11.0. The molecule has 17 heavy (non-hydrogen) atoms. The minimum atomic E-state index is -0.142. The number of nitrogens with zero attached hydrogens (tertiary/aromatic N) is 1. The van der Waals surface area contributed by atoms with Crippen LogP contribution in [0.25, 0.3) is 0 Å². The molecule has 1 rings (SSSR count). The molecule has 5 heteroatoms. The zero-order chi connectivity index (χ0) is 13.0. The lowest BCUT2D eigenvalue weighted by Gasteiger charge is -2.08. The molecule has 0 radical (unpaired) electrons. The highest BCUT2D eigenvalue weighted by atomic mass is 16.2. The van der Waals surface area contributed by atoms with E-state index in [1.54, 1.807) is 4.57 Å². The van der Waals surface area contributed by atoms with E-state index in [0.717, 1.165) is 11.4 Å². The minimum Gasteiger partial charge on any atom is -0.356 e. The fourth-order valence-corrected chi connectivity index (χ4v) is 1.56. The number of amides is 1. The van der Waals surface area contributed by atoms with Crippen LogP contribution in [0.5, 0.6) is 0 Å². The molecule has 0 aliphatic rings. The summed E-state index contributed by atoms with van der Waals surface area (Å²) in [6.45, 7) is 8.93. The summed E-state index contributed by atoms with van der Waals surface area (Å²) in [6.07, 6.45) is 0.338. The van der Waals surface area contributed by atoms with Crippen LogP contribution < -0.4 is 11.0 Å². The van der Waals surface area contributed by atoms with Crippen LogP contribution in [-0.2, 0) is 11.3 Å². The number of imidazole rings is 1. The fraction of sp³-hybridized carbons (Fsp3) is 0.667. The number of aromatic amines is 1. The molecular weight excluding hydrogens is 218 g/mol. The molecule has 0 aromatic carbocycles. The van der Waals surface area contributed by atoms with Crippen molar-refractivity contribution in [2.45, 2.75) is 40.7 Å². The second kappa shape index (κ2) is 5.70. The van der Waals surface area contributed by atoms with Crippen molar-refractivity contribution in [3.63, 3.8) is 0 Å². The first kappa shape index (κ1) is 13.5. The topological polar surface area (TPSA) is 66.9 Å². The van der Waals surface area contributed by atoms with Gasteiger partial charge in [-0.05, 0) is 19.8 Å². The Balaban J connectivity index is 2.50. The minimum absolute atomic E-state index is 0.0103. The van der Waals surface area contributed by atoms with E-state index in [1.807, 2.05) is 27.7 Å². The van der Waals surface area contributed by atoms with Crippen LogP contribution >= 0.6 is 0 Å². The van der Waals surface area contributed by atoms with Gasteiger partial charge >= 0.3 is 5.69 Å². The van der Waals surface area contributed by atoms with Crippen molar-refractivity contribution in [1.29, 1.82) is 0 Å². The van der Waals surface area contributed by atoms with Gasteiger partial charge in [-0.1, -0.05) is 13.8 Å². The molecule has 0 atom stereocenters. The lowest BCUT2D eigenvalue weighted by Crippen LogP contribution is -2.29. The summed E-state index contributed by atoms with van der Waals surface area (Å²) in [5, 5.41) is 2.83. The Kier molecular flexibility index (Phi) is 4.54. The number of rotatable bonds is 5. The molecule has 1 amide bonds. The summed E-state index contributed by atoms with van der Waals surface area (Å²) in [5.74, 6) is 0.432. The Morgan fingerprint density at radius 3 is 2.53 bits per heavy atom. The third-order valence-electron chi connectivity index (χ3n) is 2.76. The SMILES string of the molecule is Cc1[nH]c(=O)n(CCC(=O)NCC(C)C)c1C. The molecule has 0 aliphatic carbocycles. The highest BCUT2D eigenvalue weighted by Gasteiger charge is 2.08. The van der Waals surface area contributed by atoms with Crippen molar-refractivity contribution >= 4 is 5.91 Å². The predicted octanol–water partition coefficient (Wildman–Crippen LogP) is 0.956. The molecule has 0 spiro atoms. The monoisotopic (exact) mass is 239 g/mol. The van der Waals surface area contributed by atoms with Gasteiger partial charge < -0.3 is 10.3 Å². The van der Waals surface area contributed by atoms with Crippen LogP contribution in [0.3, 0.4) is 0 Å². The van der Waals surface area contributed by atoms with Crippen LogP contribution in [0.15, 0.2) is 4.79 Å². The second-order valence-electron chi connectivity index (χ2n) is 4.74. The number of carbonyl (C=O) groups is 1. The average molecular weight is 239 g/mol. The maximum Gasteiger partial charge on any atom is 0.325 e. The number of H-pyrrole nitrogens is 1. The Labute approximate surface area is 101 Å². The Morgan fingerprint density at radius 2 is 2.06 bits per heavy atom. The van der Waals surface area contributed by atoms with Gasteiger partial charge in [0, 0.05) is 30.9 Å². The summed E-state index contributed by atoms with van der Waals surface area (Å²) in [7, 11) is 0. The van der Waals surface area contributed by atoms with Crippen molar-refractivity contribution in [3.05, 3.63) is 21.9 Å². The van der Waals surface area contributed by atoms with E-state index < -0.39 is 0 Å². The molecule has 96 valence electrons. The first-order valence-electron chi connectivity index (χ1n) is 5.94. The molecule has 0 unspecified atom stereocenters. The smallest absolute Gasteiger partial charge is 0.325 e. The van der Waals surface area contributed by atoms with Gasteiger partial charge in [0.05, 0.1) is 0 Å². The summed E-state index contributed by atoms with van der Waals surface area (Å²) in [6, 6.07) is 0. The third kappa shape index (κ3) is 3.76. The Bertz CT molecular complexity index is 443. The van der Waals surface area contributed by atoms with Gasteiger partial charge in [0.1, 0.15) is 0 Å². The fourth-order valence-electron chi connectivity index (χ4n) is 1.56. The van der Waals surface area contributed by atoms with Crippen LogP contribution in [0.2, 0.25) is 0 Å². The molecule has 2 N–H and O–H groups in total. The Hall–Kier alpha value is -1.52. The van der Waals surface area contributed by atoms with Crippen LogP contribution in [0, 0.1) is 19.8 Å². The van der Waals surface area contributed by atoms with E-state index in [4.69, 9.17) is 0 Å². The highest BCUT2D eigenvalue weighted by molar-refractivity contribution is 5.75. The van der Waals surface area contributed by atoms with Crippen LogP contribution in [0.1, 0.15) is 31.7 Å². The van der Waals surface area contributed by atoms with Gasteiger partial charge in [0.2, 0.25) is 5.91 Å². The zero-order valence-electron chi connectivity index (χ0n) is 11.0. The van der Waals surface area contributed by atoms with E-state index in [2.05, 4.69) is 10.3 Å². The molecule has 1 aromatic rings. The molecule has 0 saturated heterocycles. The largest absolute Gasteiger partial charge is 0.356 e. The quantitative estimate of drug-likeness (QED) is 0.803. The molecular formula is C12H21N3O2. The molecule has 0 saturated carbocycles. The summed E-state index contributed by atoms with van der Waals surface area (Å²) < 4.78 is 1.60. The first-order valence-corrected chi connectivity index (χ1v) is 5.94. The van der Waals surface area contributed by atoms with Gasteiger partial charge in [-0.25, -0.2) is 4.79 Å². The molecule has 1 aromatic heterocycles. The number of nitrogens with one attached hydrogen (secondary N) is 2. The molecule has 0 bridgehead atoms. The lowest BCUT2D eigenvalue weighted by molar-refractivity contribution is -0.121. The van der Waals surface area contributed by atoms with Crippen LogP contribution in [0.4, 0.5) is 0 Å². The van der Waals surface area contributed by atoms with E-state index in [9.17, 15) is 9.59 Å². The highest BCUT2D eigenvalue weighted by Crippen LogP contribution is 2.01. The van der Waals surface area contributed by atoms with Crippen molar-refractivity contribution in [2.24, 2.45) is 5.92 Å². The Morgan fingerprint density at radius 1 is 1.41 bits per heavy atom. The van der Waals surface area contributed by atoms with Crippen molar-refractivity contribution in [2.75, 3.05) is 6.54 Å². The number of hydrogen-bond acceptors (Lipinski definition) is 2. The molecule has 5 nitrogen and oxygen atoms in total. The predicted molar refractivity (Wildman–Crippen MR) is 67.0 cm³/mol. The van der Waals surface area contributed by atoms with Gasteiger partial charge in [0.25, 0.3) is 0 Å². The summed E-state index contributed by atoms with van der Waals surface area (Å²) >= 11 is 0. The number of hydrogen-bond donors (Lipinski definition) is 2. The van der Waals surface area contributed by atoms with E-state index >= 15 is 0 Å². The lowest BCUT2D eigenvalue weighted by atomic mass is 10.2. The second-order valence-corrected chi connectivity index (χ2v) is 4.74. The molecule has 0 aliphatic heterocycles. The average Bonchev–Trinajstić information content (AvgIpc) is 2.48. The van der Waals surface area contributed by atoms with E-state index in [0.29, 0.717) is 25.4 Å². The van der Waals surface area contributed by atoms with Crippen LogP contribution in [-0.4, -0.2) is 22.0 Å². The van der Waals surface area contributed by atoms with Gasteiger partial charge in [-0.15, -0.1) is 0 Å². The van der Waals surface area contributed by atoms with Crippen molar-refractivity contribution in [1.82, 2.24) is 14.9 Å². The normalized spacial score (nSPS) is 10.9. The maximum absolute atomic E-state index is 11.5. The maximum atomic E-state index is 11.5. The number of carbonyl (C=O) groups excluding carboxylic acids is 1. The summed E-state index contributed by atoms with van der Waals surface area (Å²) in [4.78, 5) is 25.8. The first-order chi connectivity index (χ1) is 7.91. The van der Waals surface area contributed by atoms with Gasteiger partial charge in [-0.3, -0.25) is 9.36 Å². The van der Waals surface area contributed by atoms with E-state index in [1.165, 1.54) is 0 Å². The van der Waals surface area contributed by atoms with Crippen molar-refractivity contribution < 1.29 is 4.79 Å². The number of aromatic nitrogens is 2.